The second-order valence-corrected chi connectivity index (χ2v) is 5.26. The Bertz CT molecular complexity index is 390. The number of nitrogens with one attached hydrogen (secondary N) is 1. The summed E-state index contributed by atoms with van der Waals surface area (Å²) in [6, 6.07) is 0. The lowest BCUT2D eigenvalue weighted by Gasteiger charge is -2.19. The summed E-state index contributed by atoms with van der Waals surface area (Å²) in [5.74, 6) is -0.173. The van der Waals surface area contributed by atoms with Gasteiger partial charge in [0.1, 0.15) is 0 Å². The molecule has 0 radical (unpaired) electrons. The molecule has 0 aliphatic rings. The largest absolute Gasteiger partial charge is 0.354 e. The van der Waals surface area contributed by atoms with Crippen LogP contribution in [0.1, 0.15) is 37.0 Å². The first-order valence-corrected chi connectivity index (χ1v) is 5.53. The van der Waals surface area contributed by atoms with E-state index in [0.29, 0.717) is 5.69 Å². The molecule has 84 valence electrons. The average molecular weight is 274 g/mol. The minimum atomic E-state index is -0.173. The molecule has 0 aliphatic carbocycles. The van der Waals surface area contributed by atoms with Crippen molar-refractivity contribution in [3.63, 3.8) is 0 Å². The predicted molar refractivity (Wildman–Crippen MR) is 63.0 cm³/mol. The minimum absolute atomic E-state index is 0.0488. The number of aryl methyl sites for hydroxylation is 1. The van der Waals surface area contributed by atoms with Gasteiger partial charge >= 0.3 is 0 Å². The Hall–Kier alpha value is -0.840. The van der Waals surface area contributed by atoms with E-state index in [1.807, 2.05) is 7.05 Å². The van der Waals surface area contributed by atoms with E-state index in [1.165, 1.54) is 0 Å². The van der Waals surface area contributed by atoms with Gasteiger partial charge in [0, 0.05) is 19.5 Å². The number of aromatic nitrogens is 2. The maximum absolute atomic E-state index is 11.5. The zero-order valence-electron chi connectivity index (χ0n) is 9.68. The first-order valence-electron chi connectivity index (χ1n) is 4.74. The number of nitrogens with zero attached hydrogens (tertiary/aromatic N) is 2. The van der Waals surface area contributed by atoms with Crippen molar-refractivity contribution in [3.05, 3.63) is 15.9 Å². The molecular weight excluding hydrogens is 258 g/mol. The maximum Gasteiger partial charge on any atom is 0.272 e. The highest BCUT2D eigenvalue weighted by Gasteiger charge is 2.27. The zero-order chi connectivity index (χ0) is 11.8. The van der Waals surface area contributed by atoms with Gasteiger partial charge in [0.2, 0.25) is 0 Å². The molecule has 1 rings (SSSR count). The molecule has 0 saturated heterocycles. The van der Waals surface area contributed by atoms with Crippen LogP contribution in [0.4, 0.5) is 0 Å². The normalized spacial score (nSPS) is 11.6. The fourth-order valence-corrected chi connectivity index (χ4v) is 2.69. The Balaban J connectivity index is 3.33. The molecule has 1 heterocycles. The number of hydrogen-bond donors (Lipinski definition) is 1. The molecular formula is C10H16BrN3O. The van der Waals surface area contributed by atoms with Gasteiger partial charge in [-0.15, -0.1) is 0 Å². The molecule has 15 heavy (non-hydrogen) atoms. The second-order valence-electron chi connectivity index (χ2n) is 4.46. The van der Waals surface area contributed by atoms with Crippen LogP contribution in [-0.2, 0) is 12.5 Å². The first-order chi connectivity index (χ1) is 6.79. The summed E-state index contributed by atoms with van der Waals surface area (Å²) < 4.78 is 2.52. The van der Waals surface area contributed by atoms with E-state index < -0.39 is 0 Å². The fourth-order valence-electron chi connectivity index (χ4n) is 1.58. The number of hydrogen-bond acceptors (Lipinski definition) is 2. The highest BCUT2D eigenvalue weighted by atomic mass is 79.9. The van der Waals surface area contributed by atoms with Crippen LogP contribution in [-0.4, -0.2) is 22.7 Å². The van der Waals surface area contributed by atoms with Gasteiger partial charge in [-0.05, 0) is 15.9 Å². The number of halogens is 1. The number of carbonyl (C=O) groups is 1. The van der Waals surface area contributed by atoms with Crippen LogP contribution >= 0.6 is 15.9 Å². The summed E-state index contributed by atoms with van der Waals surface area (Å²) in [7, 11) is 3.44. The van der Waals surface area contributed by atoms with Crippen LogP contribution in [0.5, 0.6) is 0 Å². The van der Waals surface area contributed by atoms with Crippen molar-refractivity contribution in [2.75, 3.05) is 7.05 Å². The lowest BCUT2D eigenvalue weighted by Crippen LogP contribution is -2.19. The Kier molecular flexibility index (Phi) is 3.23. The van der Waals surface area contributed by atoms with Gasteiger partial charge in [-0.3, -0.25) is 9.48 Å². The topological polar surface area (TPSA) is 46.9 Å². The monoisotopic (exact) mass is 273 g/mol. The lowest BCUT2D eigenvalue weighted by atomic mass is 9.92. The van der Waals surface area contributed by atoms with Gasteiger partial charge in [0.05, 0.1) is 10.2 Å². The third-order valence-electron chi connectivity index (χ3n) is 2.14. The highest BCUT2D eigenvalue weighted by Crippen LogP contribution is 2.31. The molecule has 0 saturated carbocycles. The molecule has 0 unspecified atom stereocenters. The highest BCUT2D eigenvalue weighted by molar-refractivity contribution is 9.10. The molecule has 1 N–H and O–H groups in total. The Labute approximate surface area is 98.2 Å². The van der Waals surface area contributed by atoms with Gasteiger partial charge in [0.25, 0.3) is 5.91 Å². The van der Waals surface area contributed by atoms with Crippen LogP contribution < -0.4 is 5.32 Å². The molecule has 1 aromatic heterocycles. The summed E-state index contributed by atoms with van der Waals surface area (Å²) in [5.41, 5.74) is 1.40. The molecule has 0 aromatic carbocycles. The van der Waals surface area contributed by atoms with Crippen molar-refractivity contribution in [2.24, 2.45) is 7.05 Å². The van der Waals surface area contributed by atoms with Crippen molar-refractivity contribution >= 4 is 21.8 Å². The quantitative estimate of drug-likeness (QED) is 0.849. The second kappa shape index (κ2) is 3.96. The molecule has 5 heteroatoms. The van der Waals surface area contributed by atoms with Gasteiger partial charge in [0.15, 0.2) is 5.69 Å². The van der Waals surface area contributed by atoms with E-state index in [9.17, 15) is 4.79 Å². The lowest BCUT2D eigenvalue weighted by molar-refractivity contribution is 0.0956. The third kappa shape index (κ3) is 2.22. The molecule has 0 spiro atoms. The maximum atomic E-state index is 11.5. The first kappa shape index (κ1) is 12.2. The number of amides is 1. The van der Waals surface area contributed by atoms with Gasteiger partial charge < -0.3 is 5.32 Å². The SMILES string of the molecule is CNC(=O)c1nn(C)c(C(C)(C)C)c1Br. The molecule has 0 fully saturated rings. The van der Waals surface area contributed by atoms with Gasteiger partial charge in [-0.25, -0.2) is 0 Å². The number of carbonyl (C=O) groups excluding carboxylic acids is 1. The molecule has 0 atom stereocenters. The van der Waals surface area contributed by atoms with Crippen molar-refractivity contribution in [1.82, 2.24) is 15.1 Å². The van der Waals surface area contributed by atoms with Crippen LogP contribution in [0.25, 0.3) is 0 Å². The summed E-state index contributed by atoms with van der Waals surface area (Å²) in [5, 5.41) is 6.77. The summed E-state index contributed by atoms with van der Waals surface area (Å²) in [4.78, 5) is 11.5. The standard InChI is InChI=1S/C10H16BrN3O/c1-10(2,3)8-6(11)7(9(15)12-4)13-14(8)5/h1-5H3,(H,12,15). The summed E-state index contributed by atoms with van der Waals surface area (Å²) in [6.45, 7) is 6.26. The van der Waals surface area contributed by atoms with E-state index in [-0.39, 0.29) is 11.3 Å². The van der Waals surface area contributed by atoms with Crippen molar-refractivity contribution in [3.8, 4) is 0 Å². The van der Waals surface area contributed by atoms with E-state index in [0.717, 1.165) is 10.2 Å². The predicted octanol–water partition coefficient (Wildman–Crippen LogP) is 1.84. The van der Waals surface area contributed by atoms with E-state index in [4.69, 9.17) is 0 Å². The smallest absolute Gasteiger partial charge is 0.272 e. The zero-order valence-corrected chi connectivity index (χ0v) is 11.3. The van der Waals surface area contributed by atoms with Crippen molar-refractivity contribution in [1.29, 1.82) is 0 Å². The Morgan fingerprint density at radius 3 is 2.33 bits per heavy atom. The van der Waals surface area contributed by atoms with Crippen LogP contribution in [0.3, 0.4) is 0 Å². The van der Waals surface area contributed by atoms with Gasteiger partial charge in [-0.1, -0.05) is 20.8 Å². The minimum Gasteiger partial charge on any atom is -0.354 e. The third-order valence-corrected chi connectivity index (χ3v) is 2.89. The average Bonchev–Trinajstić information content (AvgIpc) is 2.39. The molecule has 1 amide bonds. The van der Waals surface area contributed by atoms with Crippen LogP contribution in [0.2, 0.25) is 0 Å². The van der Waals surface area contributed by atoms with Crippen LogP contribution in [0.15, 0.2) is 4.47 Å². The Morgan fingerprint density at radius 1 is 1.47 bits per heavy atom. The molecule has 1 aromatic rings. The Morgan fingerprint density at radius 2 is 2.00 bits per heavy atom. The van der Waals surface area contributed by atoms with Gasteiger partial charge in [-0.2, -0.15) is 5.10 Å². The van der Waals surface area contributed by atoms with E-state index in [2.05, 4.69) is 47.1 Å². The summed E-state index contributed by atoms with van der Waals surface area (Å²) >= 11 is 3.44. The summed E-state index contributed by atoms with van der Waals surface area (Å²) in [6.07, 6.45) is 0. The molecule has 0 aliphatic heterocycles. The van der Waals surface area contributed by atoms with Crippen LogP contribution in [0, 0.1) is 0 Å². The van der Waals surface area contributed by atoms with E-state index in [1.54, 1.807) is 11.7 Å². The molecule has 0 bridgehead atoms. The molecule has 4 nitrogen and oxygen atoms in total. The number of rotatable bonds is 1. The van der Waals surface area contributed by atoms with E-state index >= 15 is 0 Å². The van der Waals surface area contributed by atoms with Crippen molar-refractivity contribution < 1.29 is 4.79 Å². The fraction of sp³-hybridized carbons (Fsp3) is 0.600. The van der Waals surface area contributed by atoms with Crippen molar-refractivity contribution in [2.45, 2.75) is 26.2 Å².